The molecular formula is C64H42N2S. The van der Waals surface area contributed by atoms with Crippen molar-refractivity contribution < 1.29 is 0 Å². The van der Waals surface area contributed by atoms with Gasteiger partial charge in [0.25, 0.3) is 0 Å². The van der Waals surface area contributed by atoms with Crippen LogP contribution < -0.4 is 0 Å². The van der Waals surface area contributed by atoms with Crippen LogP contribution in [0.3, 0.4) is 0 Å². The Labute approximate surface area is 393 Å². The van der Waals surface area contributed by atoms with Gasteiger partial charge in [-0.2, -0.15) is 0 Å². The van der Waals surface area contributed by atoms with Crippen LogP contribution in [-0.2, 0) is 0 Å². The molecule has 0 radical (unpaired) electrons. The predicted molar refractivity (Wildman–Crippen MR) is 286 cm³/mol. The molecule has 1 aliphatic carbocycles. The van der Waals surface area contributed by atoms with E-state index >= 15 is 0 Å². The summed E-state index contributed by atoms with van der Waals surface area (Å²) in [7, 11) is 0. The Bertz CT molecular complexity index is 3920. The molecule has 0 saturated heterocycles. The number of nitrogens with zero attached hydrogens (tertiary/aromatic N) is 2. The van der Waals surface area contributed by atoms with Gasteiger partial charge in [0.15, 0.2) is 0 Å². The molecule has 0 bridgehead atoms. The van der Waals surface area contributed by atoms with Crippen molar-refractivity contribution in [3.8, 4) is 55.6 Å². The third-order valence-electron chi connectivity index (χ3n) is 13.6. The molecule has 0 fully saturated rings. The molecule has 12 aromatic rings. The molecule has 1 aliphatic rings. The summed E-state index contributed by atoms with van der Waals surface area (Å²) in [5.74, 6) is 0.236. The van der Waals surface area contributed by atoms with Crippen molar-refractivity contribution in [3.63, 3.8) is 0 Å². The Kier molecular flexibility index (Phi) is 9.54. The number of thiophene rings is 1. The van der Waals surface area contributed by atoms with E-state index in [0.717, 1.165) is 39.5 Å². The lowest BCUT2D eigenvalue weighted by atomic mass is 9.87. The highest BCUT2D eigenvalue weighted by Gasteiger charge is 2.19. The van der Waals surface area contributed by atoms with Crippen molar-refractivity contribution in [2.24, 2.45) is 0 Å². The Morgan fingerprint density at radius 1 is 0.403 bits per heavy atom. The number of allylic oxidation sites excluding steroid dienone is 4. The minimum Gasteiger partial charge on any atom is -0.252 e. The standard InChI is InChI=1S/C64H42N2S/c1-3-14-41(15-4-1)45-18-11-21-48(34-45)50-32-33-61-58(37-50)59-39-52(49-22-12-19-46(35-49)42-16-5-2-6-17-42)38-57(64(59)67-61)51-23-13-20-47(36-51)43-28-30-44(31-29-43)60-40-65-62-55-26-9-7-24-53(55)54-25-8-10-27-56(54)63(62)66-60/h1-28,30-40,43H,29H2. The van der Waals surface area contributed by atoms with Gasteiger partial charge >= 0.3 is 0 Å². The van der Waals surface area contributed by atoms with E-state index in [0.29, 0.717) is 0 Å². The second-order valence-corrected chi connectivity index (χ2v) is 18.7. The van der Waals surface area contributed by atoms with Crippen LogP contribution in [0, 0.1) is 0 Å². The van der Waals surface area contributed by atoms with Crippen LogP contribution in [0.2, 0.25) is 0 Å². The van der Waals surface area contributed by atoms with E-state index < -0.39 is 0 Å². The van der Waals surface area contributed by atoms with Gasteiger partial charge in [-0.1, -0.05) is 194 Å². The minimum atomic E-state index is 0.236. The smallest absolute Gasteiger partial charge is 0.0979 e. The van der Waals surface area contributed by atoms with E-state index in [1.165, 1.54) is 92.1 Å². The van der Waals surface area contributed by atoms with Crippen LogP contribution in [-0.4, -0.2) is 9.97 Å². The summed E-state index contributed by atoms with van der Waals surface area (Å²) in [4.78, 5) is 10.3. The second-order valence-electron chi connectivity index (χ2n) is 17.6. The van der Waals surface area contributed by atoms with Crippen molar-refractivity contribution in [1.29, 1.82) is 0 Å². The van der Waals surface area contributed by atoms with Gasteiger partial charge in [0, 0.05) is 42.4 Å². The molecule has 0 N–H and O–H groups in total. The normalized spacial score (nSPS) is 13.8. The van der Waals surface area contributed by atoms with Crippen LogP contribution in [0.5, 0.6) is 0 Å². The number of rotatable bonds is 7. The second kappa shape index (κ2) is 16.3. The topological polar surface area (TPSA) is 25.8 Å². The maximum atomic E-state index is 5.29. The summed E-state index contributed by atoms with van der Waals surface area (Å²) in [6, 6.07) is 77.5. The van der Waals surface area contributed by atoms with Gasteiger partial charge in [-0.15, -0.1) is 11.3 Å². The summed E-state index contributed by atoms with van der Waals surface area (Å²) in [6.45, 7) is 0. The van der Waals surface area contributed by atoms with Crippen LogP contribution >= 0.6 is 11.3 Å². The SMILES string of the molecule is C1=CC(c2cccc(-c3cc(-c4cccc(-c5ccccc5)c4)cc4c3sc3ccc(-c5cccc(-c6ccccc6)c5)cc34)c2)CC=C1c1cnc2c3ccccc3c3ccccc3c2n1. The number of hydrogen-bond donors (Lipinski definition) is 0. The fourth-order valence-corrected chi connectivity index (χ4v) is 11.4. The molecule has 2 aromatic heterocycles. The van der Waals surface area contributed by atoms with E-state index in [-0.39, 0.29) is 5.92 Å². The highest BCUT2D eigenvalue weighted by Crippen LogP contribution is 2.45. The number of benzene rings is 10. The summed E-state index contributed by atoms with van der Waals surface area (Å²) in [5, 5.41) is 7.26. The summed E-state index contributed by atoms with van der Waals surface area (Å²) >= 11 is 1.90. The van der Waals surface area contributed by atoms with Crippen molar-refractivity contribution in [2.45, 2.75) is 12.3 Å². The average Bonchev–Trinajstić information content (AvgIpc) is 3.79. The zero-order valence-electron chi connectivity index (χ0n) is 36.6. The maximum absolute atomic E-state index is 5.29. The zero-order valence-corrected chi connectivity index (χ0v) is 37.4. The van der Waals surface area contributed by atoms with Gasteiger partial charge in [-0.05, 0) is 115 Å². The minimum absolute atomic E-state index is 0.236. The van der Waals surface area contributed by atoms with Crippen molar-refractivity contribution in [3.05, 3.63) is 248 Å². The van der Waals surface area contributed by atoms with Crippen LogP contribution in [0.15, 0.2) is 237 Å². The summed E-state index contributed by atoms with van der Waals surface area (Å²) in [6.07, 6.45) is 9.77. The van der Waals surface area contributed by atoms with Gasteiger partial charge in [-0.25, -0.2) is 4.98 Å². The van der Waals surface area contributed by atoms with Crippen LogP contribution in [0.25, 0.3) is 114 Å². The van der Waals surface area contributed by atoms with Gasteiger partial charge in [-0.3, -0.25) is 4.98 Å². The Morgan fingerprint density at radius 2 is 0.955 bits per heavy atom. The fraction of sp³-hybridized carbons (Fsp3) is 0.0312. The van der Waals surface area contributed by atoms with Crippen LogP contribution in [0.1, 0.15) is 23.6 Å². The molecule has 10 aromatic carbocycles. The van der Waals surface area contributed by atoms with Crippen molar-refractivity contribution >= 4 is 69.7 Å². The number of aromatic nitrogens is 2. The van der Waals surface area contributed by atoms with E-state index in [4.69, 9.17) is 9.97 Å². The highest BCUT2D eigenvalue weighted by atomic mass is 32.1. The molecule has 0 spiro atoms. The van der Waals surface area contributed by atoms with E-state index in [1.807, 2.05) is 17.5 Å². The Morgan fingerprint density at radius 3 is 1.63 bits per heavy atom. The monoisotopic (exact) mass is 870 g/mol. The molecule has 0 aliphatic heterocycles. The number of hydrogen-bond acceptors (Lipinski definition) is 3. The van der Waals surface area contributed by atoms with E-state index in [9.17, 15) is 0 Å². The third-order valence-corrected chi connectivity index (χ3v) is 14.8. The van der Waals surface area contributed by atoms with Gasteiger partial charge in [0.2, 0.25) is 0 Å². The third kappa shape index (κ3) is 7.04. The molecular weight excluding hydrogens is 829 g/mol. The molecule has 0 amide bonds. The van der Waals surface area contributed by atoms with Crippen LogP contribution in [0.4, 0.5) is 0 Å². The molecule has 2 nitrogen and oxygen atoms in total. The zero-order chi connectivity index (χ0) is 44.3. The Balaban J connectivity index is 0.889. The first-order valence-corrected chi connectivity index (χ1v) is 23.9. The first-order valence-electron chi connectivity index (χ1n) is 23.1. The summed E-state index contributed by atoms with van der Waals surface area (Å²) in [5.41, 5.74) is 17.4. The fourth-order valence-electron chi connectivity index (χ4n) is 10.2. The molecule has 1 unspecified atom stereocenters. The molecule has 13 rings (SSSR count). The predicted octanol–water partition coefficient (Wildman–Crippen LogP) is 17.8. The summed E-state index contributed by atoms with van der Waals surface area (Å²) < 4.78 is 2.60. The Hall–Kier alpha value is -8.24. The van der Waals surface area contributed by atoms with E-state index in [1.54, 1.807) is 0 Å². The lowest BCUT2D eigenvalue weighted by molar-refractivity contribution is 0.856. The van der Waals surface area contributed by atoms with Gasteiger partial charge in [0.1, 0.15) is 0 Å². The lowest BCUT2D eigenvalue weighted by Crippen LogP contribution is -2.01. The number of fused-ring (bicyclic) bond motifs is 9. The molecule has 314 valence electrons. The molecule has 2 heterocycles. The van der Waals surface area contributed by atoms with Crippen molar-refractivity contribution in [2.75, 3.05) is 0 Å². The van der Waals surface area contributed by atoms with E-state index in [2.05, 4.69) is 231 Å². The maximum Gasteiger partial charge on any atom is 0.0979 e. The van der Waals surface area contributed by atoms with Gasteiger partial charge in [0.05, 0.1) is 22.9 Å². The van der Waals surface area contributed by atoms with Gasteiger partial charge < -0.3 is 0 Å². The highest BCUT2D eigenvalue weighted by molar-refractivity contribution is 7.26. The largest absolute Gasteiger partial charge is 0.252 e. The molecule has 3 heteroatoms. The molecule has 67 heavy (non-hydrogen) atoms. The average molecular weight is 871 g/mol. The van der Waals surface area contributed by atoms with Crippen molar-refractivity contribution in [1.82, 2.24) is 9.97 Å². The molecule has 0 saturated carbocycles. The molecule has 1 atom stereocenters. The quantitative estimate of drug-likeness (QED) is 0.149. The first kappa shape index (κ1) is 39.2. The first-order chi connectivity index (χ1) is 33.2. The lowest BCUT2D eigenvalue weighted by Gasteiger charge is -2.18.